The number of rotatable bonds is 4. The van der Waals surface area contributed by atoms with E-state index in [2.05, 4.69) is 36.5 Å². The van der Waals surface area contributed by atoms with Crippen molar-refractivity contribution in [1.29, 1.82) is 0 Å². The van der Waals surface area contributed by atoms with Crippen LogP contribution in [0.1, 0.15) is 34.3 Å². The Morgan fingerprint density at radius 1 is 0.963 bits per heavy atom. The molecule has 1 amide bonds. The van der Waals surface area contributed by atoms with E-state index in [0.717, 1.165) is 12.8 Å². The molecule has 1 saturated heterocycles. The highest BCUT2D eigenvalue weighted by molar-refractivity contribution is 5.95. The average molecular weight is 367 g/mol. The summed E-state index contributed by atoms with van der Waals surface area (Å²) in [5.41, 5.74) is 3.00. The molecular formula is C22H25NO4. The largest absolute Gasteiger partial charge is 0.486 e. The van der Waals surface area contributed by atoms with Gasteiger partial charge in [-0.15, -0.1) is 0 Å². The number of carbonyl (C=O) groups excluding carboxylic acids is 1. The Kier molecular flexibility index (Phi) is 5.03. The zero-order chi connectivity index (χ0) is 18.7. The average Bonchev–Trinajstić information content (AvgIpc) is 2.73. The number of hydrogen-bond acceptors (Lipinski definition) is 4. The Labute approximate surface area is 159 Å². The van der Waals surface area contributed by atoms with E-state index < -0.39 is 0 Å². The van der Waals surface area contributed by atoms with E-state index in [-0.39, 0.29) is 11.3 Å². The van der Waals surface area contributed by atoms with Crippen molar-refractivity contribution < 1.29 is 19.0 Å². The van der Waals surface area contributed by atoms with E-state index in [4.69, 9.17) is 14.2 Å². The Morgan fingerprint density at radius 3 is 2.41 bits per heavy atom. The van der Waals surface area contributed by atoms with Crippen molar-refractivity contribution in [2.24, 2.45) is 0 Å². The zero-order valence-electron chi connectivity index (χ0n) is 15.6. The third kappa shape index (κ3) is 3.78. The first kappa shape index (κ1) is 17.9. The number of amides is 1. The number of nitrogens with one attached hydrogen (secondary N) is 1. The molecule has 5 nitrogen and oxygen atoms in total. The van der Waals surface area contributed by atoms with Crippen LogP contribution in [0.5, 0.6) is 11.5 Å². The first-order valence-electron chi connectivity index (χ1n) is 9.49. The first-order chi connectivity index (χ1) is 13.2. The van der Waals surface area contributed by atoms with Gasteiger partial charge in [0.15, 0.2) is 11.5 Å². The lowest BCUT2D eigenvalue weighted by Gasteiger charge is -2.38. The molecule has 2 aromatic rings. The topological polar surface area (TPSA) is 56.8 Å². The van der Waals surface area contributed by atoms with Crippen LogP contribution in [0.15, 0.2) is 42.5 Å². The Bertz CT molecular complexity index is 810. The molecule has 0 saturated carbocycles. The molecule has 2 aliphatic heterocycles. The summed E-state index contributed by atoms with van der Waals surface area (Å²) >= 11 is 0. The molecule has 0 spiro atoms. The molecular weight excluding hydrogens is 342 g/mol. The molecule has 0 atom stereocenters. The van der Waals surface area contributed by atoms with E-state index in [1.54, 1.807) is 18.2 Å². The van der Waals surface area contributed by atoms with Crippen molar-refractivity contribution in [3.05, 3.63) is 59.2 Å². The molecule has 5 heteroatoms. The summed E-state index contributed by atoms with van der Waals surface area (Å²) in [6.45, 7) is 5.16. The van der Waals surface area contributed by atoms with Crippen LogP contribution in [-0.4, -0.2) is 38.9 Å². The van der Waals surface area contributed by atoms with E-state index in [1.807, 2.05) is 0 Å². The van der Waals surface area contributed by atoms with Gasteiger partial charge < -0.3 is 19.5 Å². The minimum atomic E-state index is -0.0926. The van der Waals surface area contributed by atoms with Crippen molar-refractivity contribution in [1.82, 2.24) is 5.32 Å². The van der Waals surface area contributed by atoms with Crippen LogP contribution < -0.4 is 14.8 Å². The molecule has 2 heterocycles. The molecule has 0 radical (unpaired) electrons. The maximum atomic E-state index is 12.8. The Balaban J connectivity index is 1.50. The fraction of sp³-hybridized carbons (Fsp3) is 0.409. The summed E-state index contributed by atoms with van der Waals surface area (Å²) in [7, 11) is 0. The highest BCUT2D eigenvalue weighted by atomic mass is 16.6. The minimum absolute atomic E-state index is 0.0879. The lowest BCUT2D eigenvalue weighted by atomic mass is 9.74. The van der Waals surface area contributed by atoms with Gasteiger partial charge in [0.2, 0.25) is 0 Å². The summed E-state index contributed by atoms with van der Waals surface area (Å²) in [5.74, 6) is 1.23. The van der Waals surface area contributed by atoms with Gasteiger partial charge in [0.25, 0.3) is 5.91 Å². The van der Waals surface area contributed by atoms with Crippen LogP contribution in [0.25, 0.3) is 0 Å². The van der Waals surface area contributed by atoms with E-state index >= 15 is 0 Å². The number of carbonyl (C=O) groups is 1. The third-order valence-electron chi connectivity index (χ3n) is 5.51. The molecule has 1 fully saturated rings. The van der Waals surface area contributed by atoms with Gasteiger partial charge in [-0.25, -0.2) is 0 Å². The quantitative estimate of drug-likeness (QED) is 0.901. The fourth-order valence-corrected chi connectivity index (χ4v) is 3.77. The van der Waals surface area contributed by atoms with E-state index in [9.17, 15) is 4.79 Å². The lowest BCUT2D eigenvalue weighted by molar-refractivity contribution is 0.0487. The van der Waals surface area contributed by atoms with Gasteiger partial charge in [-0.05, 0) is 43.5 Å². The van der Waals surface area contributed by atoms with Crippen LogP contribution in [-0.2, 0) is 10.2 Å². The highest BCUT2D eigenvalue weighted by Gasteiger charge is 2.35. The molecule has 0 aliphatic carbocycles. The highest BCUT2D eigenvalue weighted by Crippen LogP contribution is 2.35. The predicted molar refractivity (Wildman–Crippen MR) is 103 cm³/mol. The SMILES string of the molecule is Cc1ccc(C2(CNC(=O)c3ccc4c(c3)OCCO4)CCOCC2)cc1. The van der Waals surface area contributed by atoms with Gasteiger partial charge in [0.1, 0.15) is 13.2 Å². The molecule has 0 aromatic heterocycles. The number of aryl methyl sites for hydroxylation is 1. The third-order valence-corrected chi connectivity index (χ3v) is 5.51. The van der Waals surface area contributed by atoms with E-state index in [1.165, 1.54) is 11.1 Å². The number of hydrogen-bond donors (Lipinski definition) is 1. The van der Waals surface area contributed by atoms with Crippen molar-refractivity contribution in [3.63, 3.8) is 0 Å². The molecule has 2 aromatic carbocycles. The van der Waals surface area contributed by atoms with Gasteiger partial charge in [-0.3, -0.25) is 4.79 Å². The Hall–Kier alpha value is -2.53. The Morgan fingerprint density at radius 2 is 1.67 bits per heavy atom. The molecule has 0 bridgehead atoms. The maximum absolute atomic E-state index is 12.8. The molecule has 27 heavy (non-hydrogen) atoms. The number of benzene rings is 2. The van der Waals surface area contributed by atoms with Crippen LogP contribution in [0.2, 0.25) is 0 Å². The molecule has 0 unspecified atom stereocenters. The zero-order valence-corrected chi connectivity index (χ0v) is 15.6. The standard InChI is InChI=1S/C22H25NO4/c1-16-2-5-18(6-3-16)22(8-10-25-11-9-22)15-23-21(24)17-4-7-19-20(14-17)27-13-12-26-19/h2-7,14H,8-13,15H2,1H3,(H,23,24). The second-order valence-corrected chi connectivity index (χ2v) is 7.30. The number of fused-ring (bicyclic) bond motifs is 1. The predicted octanol–water partition coefficient (Wildman–Crippen LogP) is 3.24. The van der Waals surface area contributed by atoms with Gasteiger partial charge >= 0.3 is 0 Å². The summed E-state index contributed by atoms with van der Waals surface area (Å²) in [5, 5.41) is 3.14. The summed E-state index contributed by atoms with van der Waals surface area (Å²) < 4.78 is 16.7. The van der Waals surface area contributed by atoms with Crippen molar-refractivity contribution >= 4 is 5.91 Å². The van der Waals surface area contributed by atoms with Gasteiger partial charge in [0.05, 0.1) is 0 Å². The molecule has 2 aliphatic rings. The van der Waals surface area contributed by atoms with Crippen molar-refractivity contribution in [2.45, 2.75) is 25.2 Å². The van der Waals surface area contributed by atoms with E-state index in [0.29, 0.717) is 50.0 Å². The van der Waals surface area contributed by atoms with Crippen LogP contribution >= 0.6 is 0 Å². The van der Waals surface area contributed by atoms with Gasteiger partial charge in [0, 0.05) is 30.7 Å². The smallest absolute Gasteiger partial charge is 0.251 e. The molecule has 4 rings (SSSR count). The van der Waals surface area contributed by atoms with Crippen LogP contribution in [0.4, 0.5) is 0 Å². The fourth-order valence-electron chi connectivity index (χ4n) is 3.77. The monoisotopic (exact) mass is 367 g/mol. The van der Waals surface area contributed by atoms with Crippen molar-refractivity contribution in [3.8, 4) is 11.5 Å². The molecule has 142 valence electrons. The summed E-state index contributed by atoms with van der Waals surface area (Å²) in [6, 6.07) is 14.0. The maximum Gasteiger partial charge on any atom is 0.251 e. The first-order valence-corrected chi connectivity index (χ1v) is 9.49. The second kappa shape index (κ2) is 7.61. The number of ether oxygens (including phenoxy) is 3. The molecule has 1 N–H and O–H groups in total. The normalized spacial score (nSPS) is 18.0. The van der Waals surface area contributed by atoms with Gasteiger partial charge in [-0.1, -0.05) is 29.8 Å². The summed E-state index contributed by atoms with van der Waals surface area (Å²) in [4.78, 5) is 12.8. The van der Waals surface area contributed by atoms with Crippen LogP contribution in [0.3, 0.4) is 0 Å². The van der Waals surface area contributed by atoms with Gasteiger partial charge in [-0.2, -0.15) is 0 Å². The van der Waals surface area contributed by atoms with Crippen molar-refractivity contribution in [2.75, 3.05) is 33.0 Å². The van der Waals surface area contributed by atoms with Crippen LogP contribution in [0, 0.1) is 6.92 Å². The second-order valence-electron chi connectivity index (χ2n) is 7.30. The minimum Gasteiger partial charge on any atom is -0.486 e. The lowest BCUT2D eigenvalue weighted by Crippen LogP contribution is -2.44. The summed E-state index contributed by atoms with van der Waals surface area (Å²) in [6.07, 6.45) is 1.80.